The lowest BCUT2D eigenvalue weighted by atomic mass is 10.1. The molecule has 0 saturated heterocycles. The molecule has 0 spiro atoms. The Morgan fingerprint density at radius 1 is 1.42 bits per heavy atom. The maximum Gasteiger partial charge on any atom is 0.165 e. The molecule has 0 N–H and O–H groups in total. The van der Waals surface area contributed by atoms with Crippen LogP contribution in [0.4, 0.5) is 0 Å². The molecule has 2 heterocycles. The summed E-state index contributed by atoms with van der Waals surface area (Å²) in [4.78, 5) is 16.2. The maximum atomic E-state index is 11.8. The summed E-state index contributed by atoms with van der Waals surface area (Å²) >= 11 is 6.32. The van der Waals surface area contributed by atoms with E-state index in [1.165, 1.54) is 6.20 Å². The predicted octanol–water partition coefficient (Wildman–Crippen LogP) is 4.54. The number of benzene rings is 1. The summed E-state index contributed by atoms with van der Waals surface area (Å²) in [6.45, 7) is 3.70. The average Bonchev–Trinajstić information content (AvgIpc) is 2.79. The molecule has 0 fully saturated rings. The van der Waals surface area contributed by atoms with Crippen LogP contribution < -0.4 is 0 Å². The normalized spacial score (nSPS) is 11.3. The number of nitrogens with zero attached hydrogens (tertiary/aromatic N) is 1. The van der Waals surface area contributed by atoms with E-state index in [-0.39, 0.29) is 5.78 Å². The van der Waals surface area contributed by atoms with Crippen molar-refractivity contribution in [3.05, 3.63) is 40.7 Å². The fraction of sp³-hybridized carbons (Fsp3) is 0.200. The van der Waals surface area contributed by atoms with Crippen molar-refractivity contribution in [1.29, 1.82) is 0 Å². The second kappa shape index (κ2) is 4.35. The third kappa shape index (κ3) is 1.81. The molecule has 0 bridgehead atoms. The van der Waals surface area contributed by atoms with Gasteiger partial charge < -0.3 is 4.42 Å². The van der Waals surface area contributed by atoms with Crippen LogP contribution in [-0.4, -0.2) is 10.8 Å². The first-order valence-electron chi connectivity index (χ1n) is 6.12. The number of hydrogen-bond acceptors (Lipinski definition) is 3. The summed E-state index contributed by atoms with van der Waals surface area (Å²) in [5, 5.41) is 2.19. The Bertz CT molecular complexity index is 805. The van der Waals surface area contributed by atoms with Crippen LogP contribution in [0.5, 0.6) is 0 Å². The summed E-state index contributed by atoms with van der Waals surface area (Å²) in [6.07, 6.45) is 1.95. The van der Waals surface area contributed by atoms with Gasteiger partial charge in [0, 0.05) is 23.4 Å². The van der Waals surface area contributed by atoms with Gasteiger partial charge in [0.2, 0.25) is 0 Å². The number of furan rings is 1. The summed E-state index contributed by atoms with van der Waals surface area (Å²) in [5.41, 5.74) is 1.88. The molecular weight excluding hydrogens is 262 g/mol. The molecule has 3 aromatic rings. The quantitative estimate of drug-likeness (QED) is 0.644. The minimum atomic E-state index is -0.00452. The number of rotatable bonds is 2. The molecule has 0 radical (unpaired) electrons. The molecule has 0 amide bonds. The van der Waals surface area contributed by atoms with E-state index < -0.39 is 0 Å². The Morgan fingerprint density at radius 3 is 2.95 bits per heavy atom. The highest BCUT2D eigenvalue weighted by Crippen LogP contribution is 2.32. The Hall–Kier alpha value is -1.87. The van der Waals surface area contributed by atoms with Crippen molar-refractivity contribution in [3.63, 3.8) is 0 Å². The summed E-state index contributed by atoms with van der Waals surface area (Å²) in [5.74, 6) is 0.823. The first-order valence-corrected chi connectivity index (χ1v) is 6.50. The van der Waals surface area contributed by atoms with Gasteiger partial charge in [0.1, 0.15) is 11.3 Å². The van der Waals surface area contributed by atoms with Gasteiger partial charge in [0.15, 0.2) is 11.4 Å². The Labute approximate surface area is 115 Å². The minimum absolute atomic E-state index is 0.00452. The van der Waals surface area contributed by atoms with Gasteiger partial charge in [-0.25, -0.2) is 0 Å². The lowest BCUT2D eigenvalue weighted by molar-refractivity contribution is 0.0988. The van der Waals surface area contributed by atoms with E-state index >= 15 is 0 Å². The van der Waals surface area contributed by atoms with Crippen LogP contribution in [0.25, 0.3) is 21.9 Å². The number of fused-ring (bicyclic) bond motifs is 3. The van der Waals surface area contributed by atoms with Gasteiger partial charge in [0.25, 0.3) is 0 Å². The van der Waals surface area contributed by atoms with Gasteiger partial charge in [-0.1, -0.05) is 30.7 Å². The lowest BCUT2D eigenvalue weighted by Gasteiger charge is -2.05. The number of halogens is 1. The van der Waals surface area contributed by atoms with Crippen molar-refractivity contribution in [1.82, 2.24) is 4.98 Å². The van der Waals surface area contributed by atoms with Crippen LogP contribution in [0.15, 0.2) is 28.8 Å². The second-order valence-corrected chi connectivity index (χ2v) is 4.88. The monoisotopic (exact) mass is 273 g/mol. The van der Waals surface area contributed by atoms with Gasteiger partial charge in [0.05, 0.1) is 10.6 Å². The molecule has 2 aromatic heterocycles. The van der Waals surface area contributed by atoms with E-state index in [0.29, 0.717) is 28.1 Å². The van der Waals surface area contributed by atoms with Gasteiger partial charge in [-0.05, 0) is 13.0 Å². The number of aromatic nitrogens is 1. The van der Waals surface area contributed by atoms with Crippen LogP contribution >= 0.6 is 11.6 Å². The average molecular weight is 274 g/mol. The van der Waals surface area contributed by atoms with Crippen molar-refractivity contribution in [3.8, 4) is 0 Å². The van der Waals surface area contributed by atoms with Crippen molar-refractivity contribution < 1.29 is 9.21 Å². The third-order valence-corrected chi connectivity index (χ3v) is 3.61. The molecule has 0 aliphatic carbocycles. The molecule has 0 atom stereocenters. The highest BCUT2D eigenvalue weighted by molar-refractivity contribution is 6.39. The van der Waals surface area contributed by atoms with E-state index in [4.69, 9.17) is 16.0 Å². The number of hydrogen-bond donors (Lipinski definition) is 0. The lowest BCUT2D eigenvalue weighted by Crippen LogP contribution is -1.99. The molecule has 19 heavy (non-hydrogen) atoms. The second-order valence-electron chi connectivity index (χ2n) is 4.50. The molecule has 0 unspecified atom stereocenters. The third-order valence-electron chi connectivity index (χ3n) is 3.20. The highest BCUT2D eigenvalue weighted by Gasteiger charge is 2.15. The van der Waals surface area contributed by atoms with Crippen molar-refractivity contribution in [2.75, 3.05) is 0 Å². The zero-order chi connectivity index (χ0) is 13.6. The molecule has 96 valence electrons. The fourth-order valence-electron chi connectivity index (χ4n) is 2.24. The van der Waals surface area contributed by atoms with E-state index in [9.17, 15) is 4.79 Å². The van der Waals surface area contributed by atoms with Gasteiger partial charge in [-0.2, -0.15) is 0 Å². The van der Waals surface area contributed by atoms with Crippen LogP contribution in [0.2, 0.25) is 5.02 Å². The van der Waals surface area contributed by atoms with Crippen molar-refractivity contribution in [2.24, 2.45) is 0 Å². The first-order chi connectivity index (χ1) is 9.11. The Kier molecular flexibility index (Phi) is 2.79. The topological polar surface area (TPSA) is 43.1 Å². The number of carbonyl (C=O) groups excluding carboxylic acids is 1. The smallest absolute Gasteiger partial charge is 0.165 e. The SMILES string of the molecule is CCC(=O)c1cnc2c(ccc3cc(C)oc32)c1Cl. The van der Waals surface area contributed by atoms with E-state index in [2.05, 4.69) is 4.98 Å². The molecule has 1 aromatic carbocycles. The maximum absolute atomic E-state index is 11.8. The number of pyridine rings is 1. The van der Waals surface area contributed by atoms with Crippen LogP contribution in [0.3, 0.4) is 0 Å². The zero-order valence-electron chi connectivity index (χ0n) is 10.7. The molecule has 0 saturated carbocycles. The molecule has 4 heteroatoms. The van der Waals surface area contributed by atoms with E-state index in [0.717, 1.165) is 16.5 Å². The summed E-state index contributed by atoms with van der Waals surface area (Å²) in [6, 6.07) is 5.77. The van der Waals surface area contributed by atoms with Gasteiger partial charge >= 0.3 is 0 Å². The van der Waals surface area contributed by atoms with Crippen LogP contribution in [0, 0.1) is 6.92 Å². The summed E-state index contributed by atoms with van der Waals surface area (Å²) in [7, 11) is 0. The van der Waals surface area contributed by atoms with E-state index in [1.807, 2.05) is 32.0 Å². The molecule has 3 rings (SSSR count). The van der Waals surface area contributed by atoms with Crippen LogP contribution in [0.1, 0.15) is 29.5 Å². The van der Waals surface area contributed by atoms with Crippen LogP contribution in [-0.2, 0) is 0 Å². The first kappa shape index (κ1) is 12.2. The molecular formula is C15H12ClNO2. The zero-order valence-corrected chi connectivity index (χ0v) is 11.4. The number of aryl methyl sites for hydroxylation is 1. The fourth-order valence-corrected chi connectivity index (χ4v) is 2.54. The number of carbonyl (C=O) groups is 1. The number of Topliss-reactive ketones (excluding diaryl/α,β-unsaturated/α-hetero) is 1. The predicted molar refractivity (Wildman–Crippen MR) is 75.9 cm³/mol. The molecule has 0 aliphatic rings. The number of ketones is 1. The van der Waals surface area contributed by atoms with Crippen molar-refractivity contribution in [2.45, 2.75) is 20.3 Å². The van der Waals surface area contributed by atoms with Gasteiger partial charge in [-0.3, -0.25) is 9.78 Å². The van der Waals surface area contributed by atoms with Gasteiger partial charge in [-0.15, -0.1) is 0 Å². The Balaban J connectivity index is 2.38. The Morgan fingerprint density at radius 2 is 2.21 bits per heavy atom. The standard InChI is InChI=1S/C15H12ClNO2/c1-3-12(18)11-7-17-14-10(13(11)16)5-4-9-6-8(2)19-15(9)14/h4-7H,3H2,1-2H3. The molecule has 0 aliphatic heterocycles. The summed E-state index contributed by atoms with van der Waals surface area (Å²) < 4.78 is 5.66. The largest absolute Gasteiger partial charge is 0.459 e. The minimum Gasteiger partial charge on any atom is -0.459 e. The van der Waals surface area contributed by atoms with E-state index in [1.54, 1.807) is 0 Å². The highest BCUT2D eigenvalue weighted by atomic mass is 35.5. The molecule has 3 nitrogen and oxygen atoms in total. The van der Waals surface area contributed by atoms with Crippen molar-refractivity contribution >= 4 is 39.3 Å².